The summed E-state index contributed by atoms with van der Waals surface area (Å²) in [6.07, 6.45) is 2.37. The first kappa shape index (κ1) is 12.7. The molecule has 0 fully saturated rings. The summed E-state index contributed by atoms with van der Waals surface area (Å²) in [4.78, 5) is 0. The van der Waals surface area contributed by atoms with Crippen LogP contribution in [0, 0.1) is 0 Å². The van der Waals surface area contributed by atoms with Crippen LogP contribution in [0.3, 0.4) is 0 Å². The van der Waals surface area contributed by atoms with E-state index in [0.717, 1.165) is 29.1 Å². The molecule has 2 aromatic rings. The molecular formula is C15H18O3. The van der Waals surface area contributed by atoms with Crippen molar-refractivity contribution in [1.82, 2.24) is 0 Å². The van der Waals surface area contributed by atoms with Gasteiger partial charge < -0.3 is 14.3 Å². The van der Waals surface area contributed by atoms with Crippen LogP contribution in [0.2, 0.25) is 0 Å². The molecule has 0 spiro atoms. The van der Waals surface area contributed by atoms with Crippen molar-refractivity contribution >= 4 is 0 Å². The third kappa shape index (κ3) is 2.57. The van der Waals surface area contributed by atoms with E-state index in [1.54, 1.807) is 13.4 Å². The van der Waals surface area contributed by atoms with Crippen LogP contribution in [0.1, 0.15) is 29.9 Å². The summed E-state index contributed by atoms with van der Waals surface area (Å²) in [5, 5.41) is 10.3. The highest BCUT2D eigenvalue weighted by atomic mass is 16.5. The van der Waals surface area contributed by atoms with Gasteiger partial charge >= 0.3 is 0 Å². The van der Waals surface area contributed by atoms with Crippen LogP contribution in [0.15, 0.2) is 41.0 Å². The van der Waals surface area contributed by atoms with Crippen molar-refractivity contribution in [1.29, 1.82) is 0 Å². The minimum atomic E-state index is -0.560. The molecule has 0 aliphatic carbocycles. The molecule has 1 heterocycles. The third-order valence-corrected chi connectivity index (χ3v) is 3.07. The van der Waals surface area contributed by atoms with Crippen molar-refractivity contribution in [3.05, 3.63) is 53.5 Å². The summed E-state index contributed by atoms with van der Waals surface area (Å²) in [6.45, 7) is 2.01. The molecule has 0 bridgehead atoms. The molecule has 1 aromatic heterocycles. The molecule has 1 N–H and O–H groups in total. The Morgan fingerprint density at radius 2 is 2.06 bits per heavy atom. The molecule has 0 aliphatic rings. The van der Waals surface area contributed by atoms with E-state index in [9.17, 15) is 5.11 Å². The lowest BCUT2D eigenvalue weighted by molar-refractivity contribution is 0.174. The Morgan fingerprint density at radius 1 is 1.28 bits per heavy atom. The Labute approximate surface area is 107 Å². The van der Waals surface area contributed by atoms with E-state index in [1.807, 2.05) is 37.3 Å². The number of furan rings is 1. The lowest BCUT2D eigenvalue weighted by Gasteiger charge is -2.13. The molecule has 0 aliphatic heterocycles. The average molecular weight is 246 g/mol. The third-order valence-electron chi connectivity index (χ3n) is 3.07. The maximum absolute atomic E-state index is 10.3. The van der Waals surface area contributed by atoms with Gasteiger partial charge in [0.1, 0.15) is 11.5 Å². The Bertz CT molecular complexity index is 502. The summed E-state index contributed by atoms with van der Waals surface area (Å²) in [5.41, 5.74) is 1.86. The smallest absolute Gasteiger partial charge is 0.122 e. The SMILES string of the molecule is CCc1occc1C(O)Cc1ccccc1OC. The first-order valence-corrected chi connectivity index (χ1v) is 6.12. The Kier molecular flexibility index (Phi) is 4.05. The summed E-state index contributed by atoms with van der Waals surface area (Å²) in [6, 6.07) is 9.57. The van der Waals surface area contributed by atoms with E-state index in [1.165, 1.54) is 0 Å². The Morgan fingerprint density at radius 3 is 2.78 bits per heavy atom. The molecule has 0 amide bonds. The van der Waals surface area contributed by atoms with E-state index in [0.29, 0.717) is 6.42 Å². The van der Waals surface area contributed by atoms with Crippen molar-refractivity contribution in [2.75, 3.05) is 7.11 Å². The van der Waals surface area contributed by atoms with Crippen LogP contribution in [0.5, 0.6) is 5.75 Å². The number of para-hydroxylation sites is 1. The molecule has 18 heavy (non-hydrogen) atoms. The molecule has 96 valence electrons. The molecule has 1 aromatic carbocycles. The highest BCUT2D eigenvalue weighted by Crippen LogP contribution is 2.27. The summed E-state index contributed by atoms with van der Waals surface area (Å²) < 4.78 is 10.6. The first-order chi connectivity index (χ1) is 8.76. The number of aliphatic hydroxyl groups excluding tert-OH is 1. The number of methoxy groups -OCH3 is 1. The van der Waals surface area contributed by atoms with Gasteiger partial charge in [-0.2, -0.15) is 0 Å². The van der Waals surface area contributed by atoms with Crippen molar-refractivity contribution in [2.24, 2.45) is 0 Å². The van der Waals surface area contributed by atoms with Gasteiger partial charge in [-0.25, -0.2) is 0 Å². The number of ether oxygens (including phenoxy) is 1. The molecule has 1 unspecified atom stereocenters. The largest absolute Gasteiger partial charge is 0.496 e. The van der Waals surface area contributed by atoms with E-state index in [4.69, 9.17) is 9.15 Å². The maximum atomic E-state index is 10.3. The van der Waals surface area contributed by atoms with Crippen LogP contribution in [0.25, 0.3) is 0 Å². The summed E-state index contributed by atoms with van der Waals surface area (Å²) >= 11 is 0. The lowest BCUT2D eigenvalue weighted by atomic mass is 10.0. The minimum absolute atomic E-state index is 0.524. The number of rotatable bonds is 5. The van der Waals surface area contributed by atoms with Crippen LogP contribution in [0.4, 0.5) is 0 Å². The van der Waals surface area contributed by atoms with Crippen LogP contribution in [-0.2, 0) is 12.8 Å². The highest BCUT2D eigenvalue weighted by Gasteiger charge is 2.16. The van der Waals surface area contributed by atoms with Gasteiger partial charge in [0.15, 0.2) is 0 Å². The Hall–Kier alpha value is -1.74. The zero-order chi connectivity index (χ0) is 13.0. The quantitative estimate of drug-likeness (QED) is 0.881. The monoisotopic (exact) mass is 246 g/mol. The topological polar surface area (TPSA) is 42.6 Å². The predicted molar refractivity (Wildman–Crippen MR) is 69.7 cm³/mol. The summed E-state index contributed by atoms with van der Waals surface area (Å²) in [7, 11) is 1.64. The van der Waals surface area contributed by atoms with Gasteiger partial charge in [0.2, 0.25) is 0 Å². The predicted octanol–water partition coefficient (Wildman–Crippen LogP) is 3.13. The zero-order valence-electron chi connectivity index (χ0n) is 10.7. The van der Waals surface area contributed by atoms with Gasteiger partial charge in [-0.05, 0) is 17.7 Å². The highest BCUT2D eigenvalue weighted by molar-refractivity contribution is 5.35. The molecule has 1 atom stereocenters. The first-order valence-electron chi connectivity index (χ1n) is 6.12. The van der Waals surface area contributed by atoms with Gasteiger partial charge in [0.05, 0.1) is 19.5 Å². The zero-order valence-corrected chi connectivity index (χ0v) is 10.7. The van der Waals surface area contributed by atoms with Gasteiger partial charge in [0, 0.05) is 18.4 Å². The molecule has 3 nitrogen and oxygen atoms in total. The molecule has 3 heteroatoms. The van der Waals surface area contributed by atoms with Crippen molar-refractivity contribution in [3.8, 4) is 5.75 Å². The number of aliphatic hydroxyl groups is 1. The standard InChI is InChI=1S/C15H18O3/c1-3-14-12(8-9-18-14)13(16)10-11-6-4-5-7-15(11)17-2/h4-9,13,16H,3,10H2,1-2H3. The number of hydrogen-bond donors (Lipinski definition) is 1. The van der Waals surface area contributed by atoms with E-state index in [2.05, 4.69) is 0 Å². The molecular weight excluding hydrogens is 228 g/mol. The normalized spacial score (nSPS) is 12.4. The second-order valence-corrected chi connectivity index (χ2v) is 4.18. The van der Waals surface area contributed by atoms with E-state index < -0.39 is 6.10 Å². The molecule has 0 saturated heterocycles. The average Bonchev–Trinajstić information content (AvgIpc) is 2.87. The molecule has 0 saturated carbocycles. The van der Waals surface area contributed by atoms with Crippen LogP contribution in [-0.4, -0.2) is 12.2 Å². The molecule has 2 rings (SSSR count). The van der Waals surface area contributed by atoms with Crippen molar-refractivity contribution in [2.45, 2.75) is 25.9 Å². The van der Waals surface area contributed by atoms with E-state index >= 15 is 0 Å². The Balaban J connectivity index is 2.18. The fraction of sp³-hybridized carbons (Fsp3) is 0.333. The second kappa shape index (κ2) is 5.74. The van der Waals surface area contributed by atoms with Gasteiger partial charge in [-0.3, -0.25) is 0 Å². The van der Waals surface area contributed by atoms with Crippen molar-refractivity contribution < 1.29 is 14.3 Å². The fourth-order valence-corrected chi connectivity index (χ4v) is 2.12. The maximum Gasteiger partial charge on any atom is 0.122 e. The van der Waals surface area contributed by atoms with Crippen molar-refractivity contribution in [3.63, 3.8) is 0 Å². The lowest BCUT2D eigenvalue weighted by Crippen LogP contribution is -2.04. The minimum Gasteiger partial charge on any atom is -0.496 e. The van der Waals surface area contributed by atoms with Gasteiger partial charge in [0.25, 0.3) is 0 Å². The van der Waals surface area contributed by atoms with Gasteiger partial charge in [-0.1, -0.05) is 25.1 Å². The van der Waals surface area contributed by atoms with E-state index in [-0.39, 0.29) is 0 Å². The number of hydrogen-bond acceptors (Lipinski definition) is 3. The number of benzene rings is 1. The molecule has 0 radical (unpaired) electrons. The summed E-state index contributed by atoms with van der Waals surface area (Å²) in [5.74, 6) is 1.65. The van der Waals surface area contributed by atoms with Crippen LogP contribution < -0.4 is 4.74 Å². The number of aryl methyl sites for hydroxylation is 1. The van der Waals surface area contributed by atoms with Gasteiger partial charge in [-0.15, -0.1) is 0 Å². The fourth-order valence-electron chi connectivity index (χ4n) is 2.12. The van der Waals surface area contributed by atoms with Crippen LogP contribution >= 0.6 is 0 Å². The second-order valence-electron chi connectivity index (χ2n) is 4.18.